The highest BCUT2D eigenvalue weighted by Crippen LogP contribution is 2.20. The molecule has 0 atom stereocenters. The molecule has 2 N–H and O–H groups in total. The largest absolute Gasteiger partial charge is 0.373 e. The number of amides is 1. The Bertz CT molecular complexity index is 514. The number of nitro groups is 1. The van der Waals surface area contributed by atoms with Crippen LogP contribution in [0.4, 0.5) is 17.3 Å². The standard InChI is InChI=1S/C12H17N5O3/c1-13-10-6-9(17(19)20)7-11(15-10)14-8-12(18)16-4-2-3-5-16/h6-7H,2-5,8H2,1H3,(H2,13,14,15). The maximum absolute atomic E-state index is 11.9. The van der Waals surface area contributed by atoms with Crippen LogP contribution in [0, 0.1) is 10.1 Å². The lowest BCUT2D eigenvalue weighted by atomic mass is 10.3. The summed E-state index contributed by atoms with van der Waals surface area (Å²) in [5, 5.41) is 16.4. The van der Waals surface area contributed by atoms with Gasteiger partial charge in [0.1, 0.15) is 11.6 Å². The molecule has 0 unspecified atom stereocenters. The number of pyridine rings is 1. The summed E-state index contributed by atoms with van der Waals surface area (Å²) in [4.78, 5) is 28.1. The van der Waals surface area contributed by atoms with Crippen molar-refractivity contribution < 1.29 is 9.72 Å². The van der Waals surface area contributed by atoms with Gasteiger partial charge in [-0.1, -0.05) is 0 Å². The molecule has 1 amide bonds. The second kappa shape index (κ2) is 6.18. The third-order valence-electron chi connectivity index (χ3n) is 3.16. The van der Waals surface area contributed by atoms with E-state index in [1.165, 1.54) is 12.1 Å². The normalized spacial score (nSPS) is 14.2. The average Bonchev–Trinajstić information content (AvgIpc) is 2.98. The lowest BCUT2D eigenvalue weighted by molar-refractivity contribution is -0.384. The molecule has 0 saturated carbocycles. The Balaban J connectivity index is 2.02. The van der Waals surface area contributed by atoms with E-state index in [0.717, 1.165) is 25.9 Å². The topological polar surface area (TPSA) is 100 Å². The highest BCUT2D eigenvalue weighted by molar-refractivity contribution is 5.81. The zero-order chi connectivity index (χ0) is 14.5. The van der Waals surface area contributed by atoms with E-state index in [4.69, 9.17) is 0 Å². The lowest BCUT2D eigenvalue weighted by Crippen LogP contribution is -2.33. The molecule has 20 heavy (non-hydrogen) atoms. The van der Waals surface area contributed by atoms with Gasteiger partial charge in [-0.3, -0.25) is 14.9 Å². The van der Waals surface area contributed by atoms with Crippen LogP contribution < -0.4 is 10.6 Å². The Labute approximate surface area is 116 Å². The lowest BCUT2D eigenvalue weighted by Gasteiger charge is -2.15. The van der Waals surface area contributed by atoms with Gasteiger partial charge in [0.2, 0.25) is 5.91 Å². The molecule has 1 aromatic heterocycles. The van der Waals surface area contributed by atoms with Gasteiger partial charge in [0.05, 0.1) is 23.6 Å². The average molecular weight is 279 g/mol. The third kappa shape index (κ3) is 3.34. The summed E-state index contributed by atoms with van der Waals surface area (Å²) in [7, 11) is 1.63. The molecule has 0 spiro atoms. The number of anilines is 2. The molecule has 2 rings (SSSR count). The number of nitrogens with one attached hydrogen (secondary N) is 2. The minimum atomic E-state index is -0.490. The van der Waals surface area contributed by atoms with E-state index in [1.54, 1.807) is 11.9 Å². The van der Waals surface area contributed by atoms with Crippen molar-refractivity contribution in [3.05, 3.63) is 22.2 Å². The van der Waals surface area contributed by atoms with E-state index in [9.17, 15) is 14.9 Å². The molecule has 1 aliphatic heterocycles. The van der Waals surface area contributed by atoms with Gasteiger partial charge in [-0.25, -0.2) is 4.98 Å². The fourth-order valence-electron chi connectivity index (χ4n) is 2.08. The fraction of sp³-hybridized carbons (Fsp3) is 0.500. The molecule has 0 aliphatic carbocycles. The van der Waals surface area contributed by atoms with Gasteiger partial charge in [0, 0.05) is 20.1 Å². The first kappa shape index (κ1) is 14.0. The maximum atomic E-state index is 11.9. The first-order valence-corrected chi connectivity index (χ1v) is 6.46. The quantitative estimate of drug-likeness (QED) is 0.617. The minimum Gasteiger partial charge on any atom is -0.373 e. The summed E-state index contributed by atoms with van der Waals surface area (Å²) in [6.07, 6.45) is 2.06. The first-order chi connectivity index (χ1) is 9.60. The van der Waals surface area contributed by atoms with Crippen LogP contribution in [0.2, 0.25) is 0 Å². The second-order valence-corrected chi connectivity index (χ2v) is 4.54. The van der Waals surface area contributed by atoms with Crippen molar-refractivity contribution >= 4 is 23.2 Å². The van der Waals surface area contributed by atoms with Crippen molar-refractivity contribution in [3.63, 3.8) is 0 Å². The molecule has 0 aromatic carbocycles. The Kier molecular flexibility index (Phi) is 4.34. The van der Waals surface area contributed by atoms with Crippen molar-refractivity contribution in [2.24, 2.45) is 0 Å². The highest BCUT2D eigenvalue weighted by Gasteiger charge is 2.18. The number of aromatic nitrogens is 1. The molecule has 2 heterocycles. The predicted molar refractivity (Wildman–Crippen MR) is 74.7 cm³/mol. The van der Waals surface area contributed by atoms with Crippen LogP contribution in [0.3, 0.4) is 0 Å². The van der Waals surface area contributed by atoms with E-state index in [-0.39, 0.29) is 18.1 Å². The van der Waals surface area contributed by atoms with Gasteiger partial charge in [0.25, 0.3) is 5.69 Å². The number of hydrogen-bond acceptors (Lipinski definition) is 6. The van der Waals surface area contributed by atoms with E-state index in [0.29, 0.717) is 11.6 Å². The van der Waals surface area contributed by atoms with Gasteiger partial charge >= 0.3 is 0 Å². The van der Waals surface area contributed by atoms with E-state index in [1.807, 2.05) is 0 Å². The van der Waals surface area contributed by atoms with Gasteiger partial charge in [0.15, 0.2) is 0 Å². The van der Waals surface area contributed by atoms with E-state index >= 15 is 0 Å². The monoisotopic (exact) mass is 279 g/mol. The zero-order valence-electron chi connectivity index (χ0n) is 11.3. The summed E-state index contributed by atoms with van der Waals surface area (Å²) >= 11 is 0. The molecule has 1 fully saturated rings. The van der Waals surface area contributed by atoms with Crippen LogP contribution in [-0.2, 0) is 4.79 Å². The summed E-state index contributed by atoms with van der Waals surface area (Å²) in [5.41, 5.74) is -0.0690. The zero-order valence-corrected chi connectivity index (χ0v) is 11.3. The van der Waals surface area contributed by atoms with Gasteiger partial charge < -0.3 is 15.5 Å². The van der Waals surface area contributed by atoms with Crippen molar-refractivity contribution in [1.82, 2.24) is 9.88 Å². The Morgan fingerprint density at radius 3 is 2.65 bits per heavy atom. The molecular weight excluding hydrogens is 262 g/mol. The fourth-order valence-corrected chi connectivity index (χ4v) is 2.08. The van der Waals surface area contributed by atoms with Crippen molar-refractivity contribution in [2.45, 2.75) is 12.8 Å². The molecule has 8 heteroatoms. The molecule has 0 bridgehead atoms. The number of hydrogen-bond donors (Lipinski definition) is 2. The van der Waals surface area contributed by atoms with Crippen LogP contribution in [0.5, 0.6) is 0 Å². The van der Waals surface area contributed by atoms with Crippen molar-refractivity contribution in [2.75, 3.05) is 37.3 Å². The summed E-state index contributed by atoms with van der Waals surface area (Å²) in [5.74, 6) is 0.688. The Morgan fingerprint density at radius 1 is 1.40 bits per heavy atom. The number of nitrogens with zero attached hydrogens (tertiary/aromatic N) is 3. The number of rotatable bonds is 5. The first-order valence-electron chi connectivity index (χ1n) is 6.46. The molecule has 1 aliphatic rings. The highest BCUT2D eigenvalue weighted by atomic mass is 16.6. The number of likely N-dealkylation sites (tertiary alicyclic amines) is 1. The van der Waals surface area contributed by atoms with Crippen molar-refractivity contribution in [3.8, 4) is 0 Å². The molecule has 1 aromatic rings. The SMILES string of the molecule is CNc1cc([N+](=O)[O-])cc(NCC(=O)N2CCCC2)n1. The van der Waals surface area contributed by atoms with E-state index < -0.39 is 4.92 Å². The van der Waals surface area contributed by atoms with Gasteiger partial charge in [-0.2, -0.15) is 0 Å². The van der Waals surface area contributed by atoms with Gasteiger partial charge in [-0.05, 0) is 12.8 Å². The summed E-state index contributed by atoms with van der Waals surface area (Å²) in [6, 6.07) is 2.66. The maximum Gasteiger partial charge on any atom is 0.276 e. The predicted octanol–water partition coefficient (Wildman–Crippen LogP) is 1.07. The van der Waals surface area contributed by atoms with Crippen LogP contribution in [0.1, 0.15) is 12.8 Å². The second-order valence-electron chi connectivity index (χ2n) is 4.54. The Hall–Kier alpha value is -2.38. The smallest absolute Gasteiger partial charge is 0.276 e. The molecule has 8 nitrogen and oxygen atoms in total. The van der Waals surface area contributed by atoms with Crippen LogP contribution in [-0.4, -0.2) is 47.4 Å². The third-order valence-corrected chi connectivity index (χ3v) is 3.16. The summed E-state index contributed by atoms with van der Waals surface area (Å²) < 4.78 is 0. The van der Waals surface area contributed by atoms with Crippen molar-refractivity contribution in [1.29, 1.82) is 0 Å². The summed E-state index contributed by atoms with van der Waals surface area (Å²) in [6.45, 7) is 1.66. The van der Waals surface area contributed by atoms with Crippen LogP contribution in [0.25, 0.3) is 0 Å². The number of carbonyl (C=O) groups is 1. The number of carbonyl (C=O) groups excluding carboxylic acids is 1. The molecule has 108 valence electrons. The Morgan fingerprint density at radius 2 is 2.05 bits per heavy atom. The van der Waals surface area contributed by atoms with Crippen LogP contribution >= 0.6 is 0 Å². The molecule has 0 radical (unpaired) electrons. The minimum absolute atomic E-state index is 0.0122. The molecule has 1 saturated heterocycles. The molecular formula is C12H17N5O3. The van der Waals surface area contributed by atoms with Crippen LogP contribution in [0.15, 0.2) is 12.1 Å². The van der Waals surface area contributed by atoms with E-state index in [2.05, 4.69) is 15.6 Å². The van der Waals surface area contributed by atoms with Gasteiger partial charge in [-0.15, -0.1) is 0 Å².